The van der Waals surface area contributed by atoms with E-state index in [0.717, 1.165) is 29.5 Å². The van der Waals surface area contributed by atoms with Crippen molar-refractivity contribution in [2.24, 2.45) is 0 Å². The van der Waals surface area contributed by atoms with E-state index in [1.165, 1.54) is 22.2 Å². The first kappa shape index (κ1) is 17.4. The topological polar surface area (TPSA) is 86.9 Å². The van der Waals surface area contributed by atoms with E-state index < -0.39 is 0 Å². The molecule has 5 rings (SSSR count). The van der Waals surface area contributed by atoms with E-state index in [1.807, 2.05) is 0 Å². The third-order valence-corrected chi connectivity index (χ3v) is 6.77. The number of nitrogens with zero attached hydrogens (tertiary/aromatic N) is 4. The molecule has 0 amide bonds. The second-order valence-electron chi connectivity index (χ2n) is 6.40. The van der Waals surface area contributed by atoms with Crippen molar-refractivity contribution in [2.45, 2.75) is 36.7 Å². The Morgan fingerprint density at radius 2 is 2.29 bits per heavy atom. The van der Waals surface area contributed by atoms with Gasteiger partial charge >= 0.3 is 0 Å². The van der Waals surface area contributed by atoms with Gasteiger partial charge in [-0.2, -0.15) is 0 Å². The van der Waals surface area contributed by atoms with Gasteiger partial charge in [0.05, 0.1) is 17.4 Å². The van der Waals surface area contributed by atoms with Crippen LogP contribution < -0.4 is 5.56 Å². The second kappa shape index (κ2) is 7.06. The Kier molecular flexibility index (Phi) is 4.40. The molecule has 0 saturated carbocycles. The van der Waals surface area contributed by atoms with Gasteiger partial charge in [-0.1, -0.05) is 17.8 Å². The Morgan fingerprint density at radius 1 is 1.36 bits per heavy atom. The predicted octanol–water partition coefficient (Wildman–Crippen LogP) is 4.07. The van der Waals surface area contributed by atoms with Crippen LogP contribution in [-0.2, 0) is 25.1 Å². The van der Waals surface area contributed by atoms with Gasteiger partial charge in [0, 0.05) is 11.4 Å². The molecule has 4 aromatic rings. The van der Waals surface area contributed by atoms with Crippen molar-refractivity contribution in [1.82, 2.24) is 19.7 Å². The van der Waals surface area contributed by atoms with Crippen LogP contribution in [0.1, 0.15) is 22.8 Å². The van der Waals surface area contributed by atoms with Crippen LogP contribution in [0.2, 0.25) is 0 Å². The summed E-state index contributed by atoms with van der Waals surface area (Å²) in [5.74, 6) is 1.72. The van der Waals surface area contributed by atoms with Gasteiger partial charge in [-0.3, -0.25) is 9.36 Å². The molecule has 0 aliphatic heterocycles. The molecule has 1 aliphatic carbocycles. The van der Waals surface area contributed by atoms with Gasteiger partial charge in [-0.25, -0.2) is 4.98 Å². The second-order valence-corrected chi connectivity index (χ2v) is 8.43. The highest BCUT2D eigenvalue weighted by Crippen LogP contribution is 2.36. The summed E-state index contributed by atoms with van der Waals surface area (Å²) >= 11 is 3.04. The highest BCUT2D eigenvalue weighted by atomic mass is 32.2. The first-order valence-corrected chi connectivity index (χ1v) is 10.7. The molecule has 0 atom stereocenters. The van der Waals surface area contributed by atoms with E-state index >= 15 is 0 Å². The highest BCUT2D eigenvalue weighted by Gasteiger charge is 2.23. The molecule has 0 unspecified atom stereocenters. The lowest BCUT2D eigenvalue weighted by atomic mass is 10.2. The number of allylic oxidation sites excluding steroid dienone is 1. The van der Waals surface area contributed by atoms with Gasteiger partial charge in [-0.05, 0) is 37.0 Å². The fourth-order valence-electron chi connectivity index (χ4n) is 3.40. The lowest BCUT2D eigenvalue weighted by Gasteiger charge is -2.09. The molecule has 4 aromatic heterocycles. The summed E-state index contributed by atoms with van der Waals surface area (Å²) in [6.07, 6.45) is 6.39. The number of aryl methyl sites for hydroxylation is 2. The van der Waals surface area contributed by atoms with E-state index in [2.05, 4.69) is 16.8 Å². The number of hydrogen-bond acceptors (Lipinski definition) is 8. The quantitative estimate of drug-likeness (QED) is 0.268. The normalized spacial score (nSPS) is 13.3. The molecule has 4 heterocycles. The average molecular weight is 412 g/mol. The zero-order valence-electron chi connectivity index (χ0n) is 14.9. The molecule has 0 spiro atoms. The molecule has 142 valence electrons. The number of thiophene rings is 1. The predicted molar refractivity (Wildman–Crippen MR) is 108 cm³/mol. The van der Waals surface area contributed by atoms with Crippen LogP contribution in [0.15, 0.2) is 49.8 Å². The smallest absolute Gasteiger partial charge is 0.283 e. The summed E-state index contributed by atoms with van der Waals surface area (Å²) in [6.45, 7) is 4.20. The SMILES string of the molecule is C=CCn1c(SCc2nnc(-c3ccco3)o2)nc2sc3c(c2c1=O)CCC3. The van der Waals surface area contributed by atoms with Crippen molar-refractivity contribution >= 4 is 33.3 Å². The van der Waals surface area contributed by atoms with Crippen molar-refractivity contribution in [3.05, 3.63) is 57.7 Å². The van der Waals surface area contributed by atoms with Gasteiger partial charge < -0.3 is 8.83 Å². The largest absolute Gasteiger partial charge is 0.459 e. The Morgan fingerprint density at radius 3 is 3.11 bits per heavy atom. The number of rotatable bonds is 6. The molecule has 0 saturated heterocycles. The first-order valence-electron chi connectivity index (χ1n) is 8.89. The summed E-state index contributed by atoms with van der Waals surface area (Å²) in [5.41, 5.74) is 1.19. The van der Waals surface area contributed by atoms with E-state index in [-0.39, 0.29) is 5.56 Å². The number of fused-ring (bicyclic) bond motifs is 3. The minimum absolute atomic E-state index is 0.00797. The van der Waals surface area contributed by atoms with Gasteiger partial charge in [0.1, 0.15) is 4.83 Å². The lowest BCUT2D eigenvalue weighted by Crippen LogP contribution is -2.22. The Bertz CT molecular complexity index is 1220. The fourth-order valence-corrected chi connectivity index (χ4v) is 5.54. The van der Waals surface area contributed by atoms with Crippen LogP contribution in [0.5, 0.6) is 0 Å². The fraction of sp³-hybridized carbons (Fsp3) is 0.263. The summed E-state index contributed by atoms with van der Waals surface area (Å²) in [5, 5.41) is 9.48. The third-order valence-electron chi connectivity index (χ3n) is 4.63. The number of furan rings is 1. The molecule has 0 aromatic carbocycles. The summed E-state index contributed by atoms with van der Waals surface area (Å²) in [7, 11) is 0. The molecule has 0 bridgehead atoms. The van der Waals surface area contributed by atoms with E-state index in [9.17, 15) is 4.79 Å². The van der Waals surface area contributed by atoms with Crippen LogP contribution >= 0.6 is 23.1 Å². The maximum absolute atomic E-state index is 13.1. The molecule has 1 aliphatic rings. The molecule has 9 heteroatoms. The number of thioether (sulfide) groups is 1. The van der Waals surface area contributed by atoms with Crippen LogP contribution in [0.4, 0.5) is 0 Å². The maximum atomic E-state index is 13.1. The average Bonchev–Trinajstić information content (AvgIpc) is 3.46. The molecular weight excluding hydrogens is 396 g/mol. The van der Waals surface area contributed by atoms with Crippen molar-refractivity contribution < 1.29 is 8.83 Å². The van der Waals surface area contributed by atoms with Crippen molar-refractivity contribution in [3.63, 3.8) is 0 Å². The first-order chi connectivity index (χ1) is 13.7. The molecule has 0 radical (unpaired) electrons. The monoisotopic (exact) mass is 412 g/mol. The van der Waals surface area contributed by atoms with Crippen LogP contribution in [-0.4, -0.2) is 19.7 Å². The third kappa shape index (κ3) is 2.91. The van der Waals surface area contributed by atoms with Crippen LogP contribution in [0, 0.1) is 0 Å². The van der Waals surface area contributed by atoms with E-state index in [0.29, 0.717) is 35.0 Å². The van der Waals surface area contributed by atoms with Crippen LogP contribution in [0.25, 0.3) is 21.9 Å². The summed E-state index contributed by atoms with van der Waals surface area (Å²) < 4.78 is 12.6. The van der Waals surface area contributed by atoms with Crippen molar-refractivity contribution in [2.75, 3.05) is 0 Å². The van der Waals surface area contributed by atoms with Gasteiger partial charge in [0.15, 0.2) is 10.9 Å². The van der Waals surface area contributed by atoms with Gasteiger partial charge in [-0.15, -0.1) is 28.1 Å². The van der Waals surface area contributed by atoms with E-state index in [4.69, 9.17) is 13.8 Å². The maximum Gasteiger partial charge on any atom is 0.283 e. The van der Waals surface area contributed by atoms with Crippen molar-refractivity contribution in [1.29, 1.82) is 0 Å². The molecule has 0 N–H and O–H groups in total. The minimum Gasteiger partial charge on any atom is -0.459 e. The molecule has 28 heavy (non-hydrogen) atoms. The van der Waals surface area contributed by atoms with Gasteiger partial charge in [0.2, 0.25) is 5.89 Å². The number of aromatic nitrogens is 4. The Balaban J connectivity index is 1.47. The molecule has 0 fully saturated rings. The van der Waals surface area contributed by atoms with Crippen LogP contribution in [0.3, 0.4) is 0 Å². The zero-order chi connectivity index (χ0) is 19.1. The Hall–Kier alpha value is -2.65. The Labute approximate surface area is 168 Å². The zero-order valence-corrected chi connectivity index (χ0v) is 16.5. The minimum atomic E-state index is 0.00797. The number of hydrogen-bond donors (Lipinski definition) is 0. The summed E-state index contributed by atoms with van der Waals surface area (Å²) in [4.78, 5) is 20.0. The molecule has 7 nitrogen and oxygen atoms in total. The highest BCUT2D eigenvalue weighted by molar-refractivity contribution is 7.98. The van der Waals surface area contributed by atoms with Crippen molar-refractivity contribution in [3.8, 4) is 11.7 Å². The molecular formula is C19H16N4O3S2. The van der Waals surface area contributed by atoms with E-state index in [1.54, 1.807) is 40.4 Å². The lowest BCUT2D eigenvalue weighted by molar-refractivity contribution is 0.494. The standard InChI is InChI=1S/C19H16N4O3S2/c1-2-8-23-18(24)15-11-5-3-7-13(11)28-17(15)20-19(23)27-10-14-21-22-16(26-14)12-6-4-9-25-12/h2,4,6,9H,1,3,5,7-8,10H2. The van der Waals surface area contributed by atoms with Gasteiger partial charge in [0.25, 0.3) is 11.4 Å². The summed E-state index contributed by atoms with van der Waals surface area (Å²) in [6, 6.07) is 3.52.